The van der Waals surface area contributed by atoms with Crippen LogP contribution in [0.5, 0.6) is 0 Å². The normalized spacial score (nSPS) is 21.9. The molecule has 0 amide bonds. The maximum Gasteiger partial charge on any atom is 0.176 e. The van der Waals surface area contributed by atoms with Crippen molar-refractivity contribution in [1.29, 1.82) is 0 Å². The van der Waals surface area contributed by atoms with E-state index in [2.05, 4.69) is 22.2 Å². The summed E-state index contributed by atoms with van der Waals surface area (Å²) in [6, 6.07) is 5.88. The Hall–Kier alpha value is -2.69. The number of aromatic nitrogens is 1. The summed E-state index contributed by atoms with van der Waals surface area (Å²) in [5, 5.41) is 3.18. The van der Waals surface area contributed by atoms with E-state index in [9.17, 15) is 4.79 Å². The van der Waals surface area contributed by atoms with E-state index in [0.717, 1.165) is 29.2 Å². The van der Waals surface area contributed by atoms with Gasteiger partial charge in [-0.2, -0.15) is 0 Å². The number of ketones is 1. The van der Waals surface area contributed by atoms with E-state index < -0.39 is 0 Å². The van der Waals surface area contributed by atoms with Gasteiger partial charge in [0.05, 0.1) is 17.1 Å². The molecule has 1 aromatic heterocycles. The van der Waals surface area contributed by atoms with Gasteiger partial charge < -0.3 is 10.2 Å². The van der Waals surface area contributed by atoms with Crippen molar-refractivity contribution in [2.75, 3.05) is 7.05 Å². The standard InChI is InChI=1S/C18H20N4O/c1-4-13-11-15(12(2)23)22-10-9-21-18(19-3)17(22)16(13)14-7-5-6-8-20-14/h5-11,13H,4H2,1-3H3,(H,19,21). The zero-order chi connectivity index (χ0) is 16.4. The fourth-order valence-corrected chi connectivity index (χ4v) is 3.05. The third-order valence-electron chi connectivity index (χ3n) is 4.12. The Morgan fingerprint density at radius 3 is 2.87 bits per heavy atom. The maximum absolute atomic E-state index is 12.1. The van der Waals surface area contributed by atoms with Crippen molar-refractivity contribution in [3.05, 3.63) is 60.0 Å². The van der Waals surface area contributed by atoms with Crippen molar-refractivity contribution in [1.82, 2.24) is 15.2 Å². The van der Waals surface area contributed by atoms with Gasteiger partial charge in [0, 0.05) is 44.1 Å². The predicted octanol–water partition coefficient (Wildman–Crippen LogP) is 2.71. The van der Waals surface area contributed by atoms with Crippen molar-refractivity contribution in [2.45, 2.75) is 20.3 Å². The molecule has 5 nitrogen and oxygen atoms in total. The predicted molar refractivity (Wildman–Crippen MR) is 91.2 cm³/mol. The van der Waals surface area contributed by atoms with Crippen LogP contribution < -0.4 is 5.32 Å². The highest BCUT2D eigenvalue weighted by Gasteiger charge is 2.34. The molecule has 2 aliphatic rings. The van der Waals surface area contributed by atoms with Crippen molar-refractivity contribution < 1.29 is 4.79 Å². The first-order chi connectivity index (χ1) is 11.2. The minimum Gasteiger partial charge on any atom is -0.344 e. The number of hydrogen-bond donors (Lipinski definition) is 1. The molecule has 0 bridgehead atoms. The van der Waals surface area contributed by atoms with E-state index in [1.54, 1.807) is 26.4 Å². The molecule has 1 aromatic rings. The average Bonchev–Trinajstić information content (AvgIpc) is 2.60. The first kappa shape index (κ1) is 15.2. The number of nitrogens with one attached hydrogen (secondary N) is 1. The molecular formula is C18H20N4O. The lowest BCUT2D eigenvalue weighted by Crippen LogP contribution is -2.39. The summed E-state index contributed by atoms with van der Waals surface area (Å²) in [5.41, 5.74) is 3.60. The van der Waals surface area contributed by atoms with E-state index >= 15 is 0 Å². The Bertz CT molecular complexity index is 744. The van der Waals surface area contributed by atoms with Crippen LogP contribution in [0.1, 0.15) is 26.0 Å². The highest BCUT2D eigenvalue weighted by molar-refractivity contribution is 6.09. The fourth-order valence-electron chi connectivity index (χ4n) is 3.05. The number of rotatable bonds is 3. The van der Waals surface area contributed by atoms with Crippen molar-refractivity contribution in [3.63, 3.8) is 0 Å². The molecule has 3 heterocycles. The lowest BCUT2D eigenvalue weighted by molar-refractivity contribution is -0.114. The van der Waals surface area contributed by atoms with Crippen molar-refractivity contribution in [2.24, 2.45) is 10.9 Å². The molecule has 0 radical (unpaired) electrons. The molecule has 1 atom stereocenters. The van der Waals surface area contributed by atoms with Crippen molar-refractivity contribution >= 4 is 17.2 Å². The molecule has 1 N–H and O–H groups in total. The van der Waals surface area contributed by atoms with Crippen molar-refractivity contribution in [3.8, 4) is 0 Å². The van der Waals surface area contributed by atoms with Crippen LogP contribution in [-0.2, 0) is 4.79 Å². The van der Waals surface area contributed by atoms with Crippen LogP contribution >= 0.6 is 0 Å². The van der Waals surface area contributed by atoms with Gasteiger partial charge in [-0.25, -0.2) is 0 Å². The summed E-state index contributed by atoms with van der Waals surface area (Å²) >= 11 is 0. The van der Waals surface area contributed by atoms with E-state index in [1.165, 1.54) is 0 Å². The number of carbonyl (C=O) groups excluding carboxylic acids is 1. The minimum absolute atomic E-state index is 0.0445. The summed E-state index contributed by atoms with van der Waals surface area (Å²) < 4.78 is 0. The molecule has 0 spiro atoms. The average molecular weight is 308 g/mol. The number of fused-ring (bicyclic) bond motifs is 1. The van der Waals surface area contributed by atoms with Gasteiger partial charge >= 0.3 is 0 Å². The molecule has 0 saturated heterocycles. The lowest BCUT2D eigenvalue weighted by Gasteiger charge is -2.37. The number of nitrogens with zero attached hydrogens (tertiary/aromatic N) is 3. The molecule has 3 rings (SSSR count). The number of amidine groups is 1. The molecule has 0 aliphatic carbocycles. The summed E-state index contributed by atoms with van der Waals surface area (Å²) in [5.74, 6) is 0.918. The molecular weight excluding hydrogens is 288 g/mol. The van der Waals surface area contributed by atoms with Crippen LogP contribution in [0.4, 0.5) is 0 Å². The number of carbonyl (C=O) groups is 1. The zero-order valence-corrected chi connectivity index (χ0v) is 13.6. The topological polar surface area (TPSA) is 57.6 Å². The second-order valence-electron chi connectivity index (χ2n) is 5.50. The highest BCUT2D eigenvalue weighted by atomic mass is 16.1. The van der Waals surface area contributed by atoms with Gasteiger partial charge in [0.25, 0.3) is 0 Å². The third-order valence-corrected chi connectivity index (χ3v) is 4.12. The number of aliphatic imine (C=N–C) groups is 1. The molecule has 2 aliphatic heterocycles. The van der Waals surface area contributed by atoms with Crippen LogP contribution in [0.15, 0.2) is 59.3 Å². The Morgan fingerprint density at radius 1 is 1.43 bits per heavy atom. The van der Waals surface area contributed by atoms with Gasteiger partial charge in [0.2, 0.25) is 0 Å². The van der Waals surface area contributed by atoms with Gasteiger partial charge in [0.1, 0.15) is 5.84 Å². The summed E-state index contributed by atoms with van der Waals surface area (Å²) in [6.45, 7) is 3.72. The Morgan fingerprint density at radius 2 is 2.26 bits per heavy atom. The highest BCUT2D eigenvalue weighted by Crippen LogP contribution is 2.38. The third kappa shape index (κ3) is 2.59. The quantitative estimate of drug-likeness (QED) is 0.933. The van der Waals surface area contributed by atoms with Crippen LogP contribution in [0.25, 0.3) is 5.57 Å². The Kier molecular flexibility index (Phi) is 4.10. The lowest BCUT2D eigenvalue weighted by atomic mass is 9.86. The van der Waals surface area contributed by atoms with Crippen LogP contribution in [0, 0.1) is 5.92 Å². The van der Waals surface area contributed by atoms with E-state index in [0.29, 0.717) is 5.70 Å². The van der Waals surface area contributed by atoms with Gasteiger partial charge in [0.15, 0.2) is 5.78 Å². The van der Waals surface area contributed by atoms with Crippen LogP contribution in [0.2, 0.25) is 0 Å². The first-order valence-corrected chi connectivity index (χ1v) is 7.75. The summed E-state index contributed by atoms with van der Waals surface area (Å²) in [6.07, 6.45) is 8.38. The molecule has 0 saturated carbocycles. The Labute approximate surface area is 136 Å². The molecule has 1 unspecified atom stereocenters. The van der Waals surface area contributed by atoms with E-state index in [4.69, 9.17) is 0 Å². The van der Waals surface area contributed by atoms with E-state index in [-0.39, 0.29) is 11.7 Å². The number of pyridine rings is 1. The molecule has 0 fully saturated rings. The monoisotopic (exact) mass is 308 g/mol. The van der Waals surface area contributed by atoms with Gasteiger partial charge in [-0.3, -0.25) is 14.8 Å². The zero-order valence-electron chi connectivity index (χ0n) is 13.6. The van der Waals surface area contributed by atoms with Gasteiger partial charge in [-0.15, -0.1) is 0 Å². The number of Topliss-reactive ketones (excluding diaryl/α,β-unsaturated/α-hetero) is 1. The molecule has 23 heavy (non-hydrogen) atoms. The van der Waals surface area contributed by atoms with Gasteiger partial charge in [-0.1, -0.05) is 13.0 Å². The number of hydrogen-bond acceptors (Lipinski definition) is 4. The van der Waals surface area contributed by atoms with Gasteiger partial charge in [-0.05, 0) is 24.6 Å². The first-order valence-electron chi connectivity index (χ1n) is 7.75. The molecule has 0 aromatic carbocycles. The van der Waals surface area contributed by atoms with Crippen LogP contribution in [0.3, 0.4) is 0 Å². The summed E-state index contributed by atoms with van der Waals surface area (Å²) in [7, 11) is 1.75. The summed E-state index contributed by atoms with van der Waals surface area (Å²) in [4.78, 5) is 22.9. The second kappa shape index (κ2) is 6.20. The SMILES string of the molecule is CCC1C=C(C(C)=O)N2C=CNC(=NC)C2=C1c1ccccn1. The molecule has 5 heteroatoms. The molecule has 118 valence electrons. The number of allylic oxidation sites excluding steroid dienone is 3. The largest absolute Gasteiger partial charge is 0.344 e. The second-order valence-corrected chi connectivity index (χ2v) is 5.50. The maximum atomic E-state index is 12.1. The van der Waals surface area contributed by atoms with Crippen LogP contribution in [-0.4, -0.2) is 28.6 Å². The minimum atomic E-state index is 0.0445. The Balaban J connectivity index is 2.27. The smallest absolute Gasteiger partial charge is 0.176 e. The van der Waals surface area contributed by atoms with E-state index in [1.807, 2.05) is 35.4 Å². The fraction of sp³-hybridized carbons (Fsp3) is 0.278.